The van der Waals surface area contributed by atoms with Crippen LogP contribution in [0, 0.1) is 5.92 Å². The van der Waals surface area contributed by atoms with Crippen LogP contribution in [0.1, 0.15) is 33.6 Å². The summed E-state index contributed by atoms with van der Waals surface area (Å²) in [4.78, 5) is 13.3. The molecule has 1 fully saturated rings. The van der Waals surface area contributed by atoms with Crippen LogP contribution in [0.5, 0.6) is 0 Å². The van der Waals surface area contributed by atoms with Crippen molar-refractivity contribution in [2.45, 2.75) is 39.2 Å². The second kappa shape index (κ2) is 5.44. The van der Waals surface area contributed by atoms with Gasteiger partial charge in [0.25, 0.3) is 10.1 Å². The number of ether oxygens (including phenoxy) is 1. The van der Waals surface area contributed by atoms with Crippen molar-refractivity contribution in [3.8, 4) is 0 Å². The van der Waals surface area contributed by atoms with Gasteiger partial charge in [-0.25, -0.2) is 4.79 Å². The number of amides is 1. The Kier molecular flexibility index (Phi) is 4.61. The molecule has 0 aliphatic carbocycles. The van der Waals surface area contributed by atoms with Crippen LogP contribution >= 0.6 is 0 Å². The van der Waals surface area contributed by atoms with Crippen molar-refractivity contribution in [2.24, 2.45) is 5.92 Å². The highest BCUT2D eigenvalue weighted by atomic mass is 32.2. The first-order valence-electron chi connectivity index (χ1n) is 6.00. The van der Waals surface area contributed by atoms with Crippen LogP contribution in [0.4, 0.5) is 4.79 Å². The number of nitrogens with zero attached hydrogens (tertiary/aromatic N) is 1. The van der Waals surface area contributed by atoms with Crippen LogP contribution in [0.15, 0.2) is 0 Å². The summed E-state index contributed by atoms with van der Waals surface area (Å²) in [6.45, 7) is 6.47. The number of carbonyl (C=O) groups is 1. The van der Waals surface area contributed by atoms with Crippen molar-refractivity contribution < 1.29 is 22.5 Å². The van der Waals surface area contributed by atoms with E-state index in [0.717, 1.165) is 6.42 Å². The third-order valence-electron chi connectivity index (χ3n) is 2.72. The summed E-state index contributed by atoms with van der Waals surface area (Å²) in [5.74, 6) is -0.140. The minimum atomic E-state index is -3.91. The number of carbonyl (C=O) groups excluding carboxylic acids is 1. The van der Waals surface area contributed by atoms with E-state index in [2.05, 4.69) is 0 Å². The Morgan fingerprint density at radius 1 is 1.44 bits per heavy atom. The molecule has 0 aromatic rings. The van der Waals surface area contributed by atoms with Crippen LogP contribution in [-0.2, 0) is 14.9 Å². The van der Waals surface area contributed by atoms with Gasteiger partial charge < -0.3 is 9.64 Å². The molecule has 6 nitrogen and oxygen atoms in total. The fourth-order valence-corrected chi connectivity index (χ4v) is 2.51. The molecule has 1 heterocycles. The Morgan fingerprint density at radius 3 is 2.56 bits per heavy atom. The monoisotopic (exact) mass is 279 g/mol. The van der Waals surface area contributed by atoms with Crippen LogP contribution in [0.3, 0.4) is 0 Å². The van der Waals surface area contributed by atoms with E-state index >= 15 is 0 Å². The van der Waals surface area contributed by atoms with E-state index in [9.17, 15) is 13.2 Å². The first-order chi connectivity index (χ1) is 8.07. The third-order valence-corrected chi connectivity index (χ3v) is 3.47. The van der Waals surface area contributed by atoms with Crippen molar-refractivity contribution >= 4 is 16.2 Å². The predicted molar refractivity (Wildman–Crippen MR) is 66.9 cm³/mol. The molecule has 1 aliphatic heterocycles. The molecule has 1 N–H and O–H groups in total. The van der Waals surface area contributed by atoms with Gasteiger partial charge in [-0.2, -0.15) is 8.42 Å². The van der Waals surface area contributed by atoms with E-state index in [1.165, 1.54) is 0 Å². The van der Waals surface area contributed by atoms with E-state index in [-0.39, 0.29) is 17.8 Å². The number of rotatable bonds is 3. The first kappa shape index (κ1) is 15.2. The molecule has 1 amide bonds. The SMILES string of the molecule is CC(C)(C)OC(=O)N1CCC(CCS(=O)(=O)O)C1. The summed E-state index contributed by atoms with van der Waals surface area (Å²) >= 11 is 0. The lowest BCUT2D eigenvalue weighted by Gasteiger charge is -2.24. The minimum absolute atomic E-state index is 0.111. The van der Waals surface area contributed by atoms with Crippen LogP contribution in [-0.4, -0.2) is 48.4 Å². The molecule has 1 atom stereocenters. The standard InChI is InChI=1S/C11H21NO5S/c1-11(2,3)17-10(13)12-6-4-9(8-12)5-7-18(14,15)16/h9H,4-8H2,1-3H3,(H,14,15,16). The van der Waals surface area contributed by atoms with E-state index in [1.807, 2.05) is 0 Å². The molecular formula is C11H21NO5S. The molecule has 0 bridgehead atoms. The Morgan fingerprint density at radius 2 is 2.06 bits per heavy atom. The van der Waals surface area contributed by atoms with Gasteiger partial charge in [-0.15, -0.1) is 0 Å². The number of hydrogen-bond donors (Lipinski definition) is 1. The molecule has 0 saturated carbocycles. The van der Waals surface area contributed by atoms with Gasteiger partial charge >= 0.3 is 6.09 Å². The zero-order valence-corrected chi connectivity index (χ0v) is 11.9. The van der Waals surface area contributed by atoms with Crippen LogP contribution < -0.4 is 0 Å². The van der Waals surface area contributed by atoms with Gasteiger partial charge in [-0.1, -0.05) is 0 Å². The smallest absolute Gasteiger partial charge is 0.410 e. The molecule has 1 rings (SSSR count). The third kappa shape index (κ3) is 5.68. The molecule has 1 unspecified atom stereocenters. The van der Waals surface area contributed by atoms with E-state index in [1.54, 1.807) is 25.7 Å². The maximum absolute atomic E-state index is 11.7. The van der Waals surface area contributed by atoms with E-state index < -0.39 is 15.7 Å². The van der Waals surface area contributed by atoms with Crippen LogP contribution in [0.2, 0.25) is 0 Å². The largest absolute Gasteiger partial charge is 0.444 e. The van der Waals surface area contributed by atoms with E-state index in [4.69, 9.17) is 9.29 Å². The summed E-state index contributed by atoms with van der Waals surface area (Å²) in [6, 6.07) is 0. The summed E-state index contributed by atoms with van der Waals surface area (Å²) in [5, 5.41) is 0. The van der Waals surface area contributed by atoms with Gasteiger partial charge in [0.05, 0.1) is 5.75 Å². The maximum Gasteiger partial charge on any atom is 0.410 e. The highest BCUT2D eigenvalue weighted by Gasteiger charge is 2.30. The molecule has 0 aromatic heterocycles. The molecule has 18 heavy (non-hydrogen) atoms. The molecule has 0 radical (unpaired) electrons. The number of hydrogen-bond acceptors (Lipinski definition) is 4. The van der Waals surface area contributed by atoms with Crippen molar-refractivity contribution in [2.75, 3.05) is 18.8 Å². The predicted octanol–water partition coefficient (Wildman–Crippen LogP) is 1.52. The van der Waals surface area contributed by atoms with Crippen molar-refractivity contribution in [1.82, 2.24) is 4.90 Å². The number of likely N-dealkylation sites (tertiary alicyclic amines) is 1. The van der Waals surface area contributed by atoms with Gasteiger partial charge in [0.15, 0.2) is 0 Å². The Hall–Kier alpha value is -0.820. The highest BCUT2D eigenvalue weighted by Crippen LogP contribution is 2.22. The quantitative estimate of drug-likeness (QED) is 0.792. The molecule has 106 valence electrons. The second-order valence-electron chi connectivity index (χ2n) is 5.66. The average molecular weight is 279 g/mol. The normalized spacial score (nSPS) is 21.1. The second-order valence-corrected chi connectivity index (χ2v) is 7.23. The Balaban J connectivity index is 2.39. The van der Waals surface area contributed by atoms with Crippen molar-refractivity contribution in [1.29, 1.82) is 0 Å². The van der Waals surface area contributed by atoms with E-state index in [0.29, 0.717) is 19.5 Å². The first-order valence-corrected chi connectivity index (χ1v) is 7.61. The van der Waals surface area contributed by atoms with Gasteiger partial charge in [-0.3, -0.25) is 4.55 Å². The zero-order valence-electron chi connectivity index (χ0n) is 11.0. The summed E-state index contributed by atoms with van der Waals surface area (Å²) in [5.41, 5.74) is -0.524. The van der Waals surface area contributed by atoms with Gasteiger partial charge in [0, 0.05) is 13.1 Å². The molecule has 0 aromatic carbocycles. The van der Waals surface area contributed by atoms with Gasteiger partial charge in [0.2, 0.25) is 0 Å². The molecular weight excluding hydrogens is 258 g/mol. The highest BCUT2D eigenvalue weighted by molar-refractivity contribution is 7.85. The lowest BCUT2D eigenvalue weighted by atomic mass is 10.1. The fraction of sp³-hybridized carbons (Fsp3) is 0.909. The lowest BCUT2D eigenvalue weighted by Crippen LogP contribution is -2.35. The molecule has 0 spiro atoms. The van der Waals surface area contributed by atoms with Gasteiger partial charge in [-0.05, 0) is 39.5 Å². The molecule has 1 saturated heterocycles. The topological polar surface area (TPSA) is 83.9 Å². The molecule has 1 aliphatic rings. The van der Waals surface area contributed by atoms with Crippen molar-refractivity contribution in [3.63, 3.8) is 0 Å². The zero-order chi connectivity index (χ0) is 14.0. The van der Waals surface area contributed by atoms with Crippen molar-refractivity contribution in [3.05, 3.63) is 0 Å². The minimum Gasteiger partial charge on any atom is -0.444 e. The summed E-state index contributed by atoms with van der Waals surface area (Å²) < 4.78 is 35.2. The Labute approximate surface area is 108 Å². The lowest BCUT2D eigenvalue weighted by molar-refractivity contribution is 0.0288. The summed E-state index contributed by atoms with van der Waals surface area (Å²) in [6.07, 6.45) is 0.754. The Bertz CT molecular complexity index is 398. The molecule has 7 heteroatoms. The van der Waals surface area contributed by atoms with Crippen LogP contribution in [0.25, 0.3) is 0 Å². The average Bonchev–Trinajstić information content (AvgIpc) is 2.58. The maximum atomic E-state index is 11.7. The fourth-order valence-electron chi connectivity index (χ4n) is 1.88. The summed E-state index contributed by atoms with van der Waals surface area (Å²) in [7, 11) is -3.91. The van der Waals surface area contributed by atoms with Gasteiger partial charge in [0.1, 0.15) is 5.60 Å².